The second kappa shape index (κ2) is 3.11. The van der Waals surface area contributed by atoms with Crippen molar-refractivity contribution >= 4 is 31.9 Å². The molecule has 0 N–H and O–H groups in total. The average molecular weight is 316 g/mol. The molecule has 3 heteroatoms. The molecule has 0 radical (unpaired) electrons. The Hall–Kier alpha value is -0.280. The fourth-order valence-electron chi connectivity index (χ4n) is 2.16. The molecule has 0 bridgehead atoms. The van der Waals surface area contributed by atoms with Gasteiger partial charge in [-0.2, -0.15) is 0 Å². The van der Waals surface area contributed by atoms with Crippen LogP contribution in [0, 0.1) is 0 Å². The van der Waals surface area contributed by atoms with E-state index in [4.69, 9.17) is 4.74 Å². The second-order valence-corrected chi connectivity index (χ2v) is 5.42. The van der Waals surface area contributed by atoms with E-state index in [0.717, 1.165) is 21.1 Å². The van der Waals surface area contributed by atoms with Gasteiger partial charge in [-0.25, -0.2) is 0 Å². The minimum atomic E-state index is 0.329. The Morgan fingerprint density at radius 2 is 2.14 bits per heavy atom. The quantitative estimate of drug-likeness (QED) is 0.657. The first-order chi connectivity index (χ1) is 6.75. The van der Waals surface area contributed by atoms with E-state index in [-0.39, 0.29) is 0 Å². The molecule has 0 unspecified atom stereocenters. The lowest BCUT2D eigenvalue weighted by molar-refractivity contribution is 0.231. The molecule has 72 valence electrons. The molecule has 1 aromatic rings. The van der Waals surface area contributed by atoms with Crippen LogP contribution in [0.15, 0.2) is 33.2 Å². The van der Waals surface area contributed by atoms with Crippen molar-refractivity contribution in [3.8, 4) is 5.75 Å². The van der Waals surface area contributed by atoms with Gasteiger partial charge in [0, 0.05) is 22.4 Å². The van der Waals surface area contributed by atoms with E-state index in [1.807, 2.05) is 6.07 Å². The third-order valence-electron chi connectivity index (χ3n) is 2.78. The van der Waals surface area contributed by atoms with E-state index in [0.29, 0.717) is 12.0 Å². The van der Waals surface area contributed by atoms with Crippen LogP contribution >= 0.6 is 31.9 Å². The van der Waals surface area contributed by atoms with E-state index in [1.165, 1.54) is 5.56 Å². The van der Waals surface area contributed by atoms with Gasteiger partial charge in [0.15, 0.2) is 0 Å². The van der Waals surface area contributed by atoms with Crippen molar-refractivity contribution < 1.29 is 4.74 Å². The first kappa shape index (κ1) is 8.98. The second-order valence-electron chi connectivity index (χ2n) is 3.65. The summed E-state index contributed by atoms with van der Waals surface area (Å²) in [6.07, 6.45) is 5.81. The lowest BCUT2D eigenvalue weighted by atomic mass is 9.99. The topological polar surface area (TPSA) is 9.23 Å². The molecule has 0 aromatic heterocycles. The van der Waals surface area contributed by atoms with Crippen LogP contribution in [0.3, 0.4) is 0 Å². The van der Waals surface area contributed by atoms with Gasteiger partial charge in [0.1, 0.15) is 11.9 Å². The van der Waals surface area contributed by atoms with E-state index in [9.17, 15) is 0 Å². The summed E-state index contributed by atoms with van der Waals surface area (Å²) in [6, 6.07) is 4.18. The van der Waals surface area contributed by atoms with Crippen molar-refractivity contribution in [3.05, 3.63) is 38.8 Å². The van der Waals surface area contributed by atoms with Crippen molar-refractivity contribution in [2.24, 2.45) is 0 Å². The predicted molar refractivity (Wildman–Crippen MR) is 62.8 cm³/mol. The lowest BCUT2D eigenvalue weighted by Crippen LogP contribution is -2.11. The van der Waals surface area contributed by atoms with Gasteiger partial charge in [-0.1, -0.05) is 28.1 Å². The number of rotatable bonds is 0. The summed E-state index contributed by atoms with van der Waals surface area (Å²) < 4.78 is 8.04. The van der Waals surface area contributed by atoms with E-state index in [2.05, 4.69) is 50.1 Å². The van der Waals surface area contributed by atoms with Crippen molar-refractivity contribution in [2.75, 3.05) is 0 Å². The van der Waals surface area contributed by atoms with Gasteiger partial charge in [0.25, 0.3) is 0 Å². The third-order valence-corrected chi connectivity index (χ3v) is 3.82. The van der Waals surface area contributed by atoms with Crippen LogP contribution in [-0.4, -0.2) is 6.10 Å². The van der Waals surface area contributed by atoms with Crippen LogP contribution in [0.5, 0.6) is 5.75 Å². The number of halogens is 2. The van der Waals surface area contributed by atoms with Crippen LogP contribution in [-0.2, 0) is 0 Å². The number of benzene rings is 1. The maximum absolute atomic E-state index is 5.89. The van der Waals surface area contributed by atoms with Gasteiger partial charge in [-0.05, 0) is 28.1 Å². The number of fused-ring (bicyclic) bond motifs is 3. The molecule has 0 amide bonds. The maximum atomic E-state index is 5.89. The van der Waals surface area contributed by atoms with Crippen LogP contribution in [0.25, 0.3) is 0 Å². The summed E-state index contributed by atoms with van der Waals surface area (Å²) in [6.45, 7) is 0. The molecule has 1 aliphatic carbocycles. The monoisotopic (exact) mass is 314 g/mol. The molecule has 1 nitrogen and oxygen atoms in total. The van der Waals surface area contributed by atoms with Crippen molar-refractivity contribution in [1.82, 2.24) is 0 Å². The fraction of sp³-hybridized carbons (Fsp3) is 0.273. The molecule has 0 saturated heterocycles. The minimum Gasteiger partial charge on any atom is -0.488 e. The number of hydrogen-bond donors (Lipinski definition) is 0. The Kier molecular flexibility index (Phi) is 1.99. The van der Waals surface area contributed by atoms with Crippen LogP contribution in [0.1, 0.15) is 17.9 Å². The molecule has 3 rings (SSSR count). The van der Waals surface area contributed by atoms with Crippen molar-refractivity contribution in [3.63, 3.8) is 0 Å². The zero-order valence-electron chi connectivity index (χ0n) is 7.34. The van der Waals surface area contributed by atoms with Crippen LogP contribution in [0.4, 0.5) is 0 Å². The Morgan fingerprint density at radius 3 is 3.00 bits per heavy atom. The molecule has 0 spiro atoms. The molecule has 14 heavy (non-hydrogen) atoms. The molecular weight excluding hydrogens is 308 g/mol. The highest BCUT2D eigenvalue weighted by atomic mass is 79.9. The van der Waals surface area contributed by atoms with E-state index >= 15 is 0 Å². The summed E-state index contributed by atoms with van der Waals surface area (Å²) in [5.74, 6) is 1.48. The summed E-state index contributed by atoms with van der Waals surface area (Å²) in [4.78, 5) is 0. The van der Waals surface area contributed by atoms with Gasteiger partial charge < -0.3 is 4.74 Å². The van der Waals surface area contributed by atoms with Gasteiger partial charge in [-0.3, -0.25) is 0 Å². The van der Waals surface area contributed by atoms with Gasteiger partial charge in [0.05, 0.1) is 4.47 Å². The Labute approximate surface area is 99.4 Å². The van der Waals surface area contributed by atoms with Gasteiger partial charge >= 0.3 is 0 Å². The Bertz CT molecular complexity index is 426. The summed E-state index contributed by atoms with van der Waals surface area (Å²) in [7, 11) is 0. The predicted octanol–water partition coefficient (Wildman–Crippen LogP) is 4.02. The zero-order chi connectivity index (χ0) is 9.71. The molecule has 1 heterocycles. The molecular formula is C11H8Br2O. The highest BCUT2D eigenvalue weighted by Gasteiger charge is 2.36. The highest BCUT2D eigenvalue weighted by molar-refractivity contribution is 9.11. The molecule has 2 atom stereocenters. The first-order valence-electron chi connectivity index (χ1n) is 4.58. The van der Waals surface area contributed by atoms with Crippen molar-refractivity contribution in [2.45, 2.75) is 18.4 Å². The molecule has 1 aromatic carbocycles. The van der Waals surface area contributed by atoms with E-state index < -0.39 is 0 Å². The normalized spacial score (nSPS) is 27.3. The molecule has 1 aliphatic heterocycles. The standard InChI is InChI=1S/C11H8Br2O/c12-6-4-8-7-2-1-3-10(7)14-11(8)9(13)5-6/h1-2,4-5,7,10H,3H2/t7-,10-/m0/s1. The highest BCUT2D eigenvalue weighted by Crippen LogP contribution is 2.48. The SMILES string of the molecule is Brc1cc(Br)c2c(c1)[C@@H]1C=CC[C@@H]1O2. The average Bonchev–Trinajstić information content (AvgIpc) is 2.65. The van der Waals surface area contributed by atoms with E-state index in [1.54, 1.807) is 0 Å². The summed E-state index contributed by atoms with van der Waals surface area (Å²) >= 11 is 7.03. The number of hydrogen-bond acceptors (Lipinski definition) is 1. The fourth-order valence-corrected chi connectivity index (χ4v) is 3.51. The third kappa shape index (κ3) is 1.18. The molecule has 0 fully saturated rings. The van der Waals surface area contributed by atoms with Gasteiger partial charge in [-0.15, -0.1) is 0 Å². The van der Waals surface area contributed by atoms with Gasteiger partial charge in [0.2, 0.25) is 0 Å². The first-order valence-corrected chi connectivity index (χ1v) is 6.16. The molecule has 2 aliphatic rings. The smallest absolute Gasteiger partial charge is 0.137 e. The zero-order valence-corrected chi connectivity index (χ0v) is 10.5. The largest absolute Gasteiger partial charge is 0.488 e. The summed E-state index contributed by atoms with van der Waals surface area (Å²) in [5.41, 5.74) is 1.30. The van der Waals surface area contributed by atoms with Crippen LogP contribution < -0.4 is 4.74 Å². The maximum Gasteiger partial charge on any atom is 0.137 e. The Balaban J connectivity index is 2.19. The van der Waals surface area contributed by atoms with Crippen molar-refractivity contribution in [1.29, 1.82) is 0 Å². The lowest BCUT2D eigenvalue weighted by Gasteiger charge is -2.07. The summed E-state index contributed by atoms with van der Waals surface area (Å²) in [5, 5.41) is 0. The number of ether oxygens (including phenoxy) is 1. The molecule has 0 saturated carbocycles. The Morgan fingerprint density at radius 1 is 1.29 bits per heavy atom. The van der Waals surface area contributed by atoms with Crippen LogP contribution in [0.2, 0.25) is 0 Å². The minimum absolute atomic E-state index is 0.329.